The molecule has 0 saturated heterocycles. The number of anilines is 4. The topological polar surface area (TPSA) is 272 Å². The van der Waals surface area contributed by atoms with E-state index in [1.165, 1.54) is 56.0 Å². The monoisotopic (exact) mass is 815 g/mol. The first-order valence-electron chi connectivity index (χ1n) is 18.0. The van der Waals surface area contributed by atoms with Gasteiger partial charge in [-0.2, -0.15) is 0 Å². The Morgan fingerprint density at radius 2 is 1.22 bits per heavy atom. The molecule has 0 radical (unpaired) electrons. The summed E-state index contributed by atoms with van der Waals surface area (Å²) in [5.41, 5.74) is 0.594. The highest BCUT2D eigenvalue weighted by Gasteiger charge is 2.27. The Balaban J connectivity index is 1.18. The van der Waals surface area contributed by atoms with Gasteiger partial charge in [-0.25, -0.2) is 19.6 Å². The van der Waals surface area contributed by atoms with E-state index in [1.54, 1.807) is 78.1 Å². The van der Waals surface area contributed by atoms with Gasteiger partial charge in [-0.3, -0.25) is 24.0 Å². The first kappa shape index (κ1) is 42.5. The number of carboxylic acids is 1. The summed E-state index contributed by atoms with van der Waals surface area (Å²) in [6.07, 6.45) is 6.59. The van der Waals surface area contributed by atoms with E-state index in [9.17, 15) is 38.7 Å². The highest BCUT2D eigenvalue weighted by atomic mass is 16.6. The van der Waals surface area contributed by atoms with Crippen LogP contribution in [0.25, 0.3) is 0 Å². The van der Waals surface area contributed by atoms with Crippen molar-refractivity contribution in [1.82, 2.24) is 43.4 Å². The molecule has 5 aromatic rings. The number of hydrogen-bond donors (Lipinski definition) is 7. The minimum atomic E-state index is -1.30. The first-order chi connectivity index (χ1) is 27.7. The standard InChI is InChI=1S/C37H45N13O9/c1-37(2,3)59-36(58)41-22(30(51)44-27-19-50(8)29(43-27)35(56)57)11-12-38-31(52)24-14-21(17-47(24)5)40-34(55)28-42-26(18-49(28)7)45-33(54)25-15-20(16-48(25)6)39-32(53)23-10-9-13-46(23)4/h9-10,13-19,22H,11-12H2,1-8H3,(H,38,52)(H,39,53)(H,40,55)(H,41,58)(H,44,51)(H,45,54)(H,56,57)/t22-/m1/s1. The van der Waals surface area contributed by atoms with Gasteiger partial charge >= 0.3 is 12.1 Å². The number of carbonyl (C=O) groups is 7. The normalized spacial score (nSPS) is 11.7. The number of nitrogens with zero attached hydrogens (tertiary/aromatic N) is 7. The van der Waals surface area contributed by atoms with Gasteiger partial charge in [0.15, 0.2) is 11.6 Å². The van der Waals surface area contributed by atoms with Crippen LogP contribution in [0.1, 0.15) is 79.9 Å². The molecule has 5 aromatic heterocycles. The van der Waals surface area contributed by atoms with Gasteiger partial charge in [-0.15, -0.1) is 0 Å². The Kier molecular flexibility index (Phi) is 12.4. The maximum Gasteiger partial charge on any atom is 0.408 e. The van der Waals surface area contributed by atoms with Crippen LogP contribution in [-0.4, -0.2) is 97.7 Å². The lowest BCUT2D eigenvalue weighted by molar-refractivity contribution is -0.118. The minimum absolute atomic E-state index is 0.0516. The average molecular weight is 816 g/mol. The second-order valence-electron chi connectivity index (χ2n) is 14.5. The number of amides is 6. The van der Waals surface area contributed by atoms with E-state index in [2.05, 4.69) is 41.9 Å². The second kappa shape index (κ2) is 17.2. The fraction of sp³-hybridized carbons (Fsp3) is 0.324. The predicted molar refractivity (Wildman–Crippen MR) is 212 cm³/mol. The van der Waals surface area contributed by atoms with E-state index in [0.717, 1.165) is 0 Å². The van der Waals surface area contributed by atoms with Crippen LogP contribution >= 0.6 is 0 Å². The van der Waals surface area contributed by atoms with Gasteiger partial charge in [0, 0.05) is 72.8 Å². The lowest BCUT2D eigenvalue weighted by Crippen LogP contribution is -2.47. The molecule has 0 spiro atoms. The molecule has 0 bridgehead atoms. The summed E-state index contributed by atoms with van der Waals surface area (Å²) >= 11 is 0. The van der Waals surface area contributed by atoms with Crippen LogP contribution in [0.4, 0.5) is 27.8 Å². The number of hydrogen-bond acceptors (Lipinski definition) is 10. The lowest BCUT2D eigenvalue weighted by Gasteiger charge is -2.23. The molecule has 0 unspecified atom stereocenters. The van der Waals surface area contributed by atoms with Crippen LogP contribution in [0.5, 0.6) is 0 Å². The zero-order valence-electron chi connectivity index (χ0n) is 33.5. The smallest absolute Gasteiger partial charge is 0.408 e. The van der Waals surface area contributed by atoms with E-state index in [4.69, 9.17) is 4.74 Å². The molecule has 0 aliphatic carbocycles. The third-order valence-corrected chi connectivity index (χ3v) is 8.53. The SMILES string of the molecule is Cn1cc(NC(=O)c2nc(NC(=O)c3cc(NC(=O)c4cccn4C)cn3C)cn2C)cc1C(=O)NCC[C@@H](NC(=O)OC(C)(C)C)C(=O)Nc1cn(C)c(C(=O)O)n1. The molecule has 6 amide bonds. The van der Waals surface area contributed by atoms with Crippen molar-refractivity contribution in [3.8, 4) is 0 Å². The van der Waals surface area contributed by atoms with E-state index in [-0.39, 0.29) is 59.2 Å². The molecule has 0 saturated carbocycles. The van der Waals surface area contributed by atoms with Crippen molar-refractivity contribution in [3.63, 3.8) is 0 Å². The maximum absolute atomic E-state index is 13.3. The Bertz CT molecular complexity index is 2440. The average Bonchev–Trinajstić information content (AvgIpc) is 3.96. The summed E-state index contributed by atoms with van der Waals surface area (Å²) in [6.45, 7) is 4.84. The van der Waals surface area contributed by atoms with E-state index in [0.29, 0.717) is 11.4 Å². The lowest BCUT2D eigenvalue weighted by atomic mass is 10.2. The Hall–Kier alpha value is -7.65. The molecule has 0 fully saturated rings. The molecule has 59 heavy (non-hydrogen) atoms. The van der Waals surface area contributed by atoms with Crippen LogP contribution in [0.3, 0.4) is 0 Å². The van der Waals surface area contributed by atoms with Crippen molar-refractivity contribution in [2.75, 3.05) is 27.8 Å². The largest absolute Gasteiger partial charge is 0.475 e. The molecule has 0 aliphatic heterocycles. The summed E-state index contributed by atoms with van der Waals surface area (Å²) < 4.78 is 12.6. The van der Waals surface area contributed by atoms with Gasteiger partial charge < -0.3 is 64.6 Å². The maximum atomic E-state index is 13.3. The van der Waals surface area contributed by atoms with Gasteiger partial charge in [-0.05, 0) is 51.5 Å². The number of nitrogens with one attached hydrogen (secondary N) is 6. The van der Waals surface area contributed by atoms with Crippen molar-refractivity contribution < 1.29 is 43.4 Å². The number of aryl methyl sites for hydroxylation is 5. The zero-order chi connectivity index (χ0) is 43.3. The van der Waals surface area contributed by atoms with Crippen LogP contribution in [0.2, 0.25) is 0 Å². The van der Waals surface area contributed by atoms with Gasteiger partial charge in [-0.1, -0.05) is 0 Å². The third-order valence-electron chi connectivity index (χ3n) is 8.53. The van der Waals surface area contributed by atoms with E-state index in [1.807, 2.05) is 0 Å². The quantitative estimate of drug-likeness (QED) is 0.0854. The molecular formula is C37H45N13O9. The van der Waals surface area contributed by atoms with E-state index < -0.39 is 47.3 Å². The van der Waals surface area contributed by atoms with Gasteiger partial charge in [0.2, 0.25) is 17.6 Å². The molecule has 7 N–H and O–H groups in total. The summed E-state index contributed by atoms with van der Waals surface area (Å²) in [4.78, 5) is 97.5. The van der Waals surface area contributed by atoms with Gasteiger partial charge in [0.25, 0.3) is 23.6 Å². The zero-order valence-corrected chi connectivity index (χ0v) is 33.5. The van der Waals surface area contributed by atoms with E-state index >= 15 is 0 Å². The number of carboxylic acid groups (broad SMARTS) is 1. The summed E-state index contributed by atoms with van der Waals surface area (Å²) in [5, 5.41) is 25.0. The van der Waals surface area contributed by atoms with Gasteiger partial charge in [0.05, 0.1) is 11.4 Å². The number of ether oxygens (including phenoxy) is 1. The Morgan fingerprint density at radius 3 is 1.78 bits per heavy atom. The van der Waals surface area contributed by atoms with Crippen molar-refractivity contribution in [2.45, 2.75) is 38.8 Å². The number of aromatic carboxylic acids is 1. The first-order valence-corrected chi connectivity index (χ1v) is 18.0. The highest BCUT2D eigenvalue weighted by Crippen LogP contribution is 2.19. The third kappa shape index (κ3) is 10.6. The highest BCUT2D eigenvalue weighted by molar-refractivity contribution is 6.07. The molecule has 5 heterocycles. The fourth-order valence-electron chi connectivity index (χ4n) is 5.79. The summed E-state index contributed by atoms with van der Waals surface area (Å²) in [5.74, 6) is -4.47. The Labute approximate surface area is 336 Å². The number of alkyl carbamates (subject to hydrolysis) is 1. The number of carbonyl (C=O) groups excluding carboxylic acids is 6. The Morgan fingerprint density at radius 1 is 0.678 bits per heavy atom. The van der Waals surface area contributed by atoms with Crippen molar-refractivity contribution in [2.24, 2.45) is 35.2 Å². The van der Waals surface area contributed by atoms with Gasteiger partial charge in [0.1, 0.15) is 28.7 Å². The van der Waals surface area contributed by atoms with Crippen LogP contribution < -0.4 is 31.9 Å². The van der Waals surface area contributed by atoms with Crippen molar-refractivity contribution >= 4 is 64.6 Å². The molecule has 22 heteroatoms. The summed E-state index contributed by atoms with van der Waals surface area (Å²) in [6, 6.07) is 5.11. The summed E-state index contributed by atoms with van der Waals surface area (Å²) in [7, 11) is 7.97. The number of aromatic nitrogens is 7. The molecule has 1 atom stereocenters. The second-order valence-corrected chi connectivity index (χ2v) is 14.5. The number of rotatable bonds is 14. The van der Waals surface area contributed by atoms with Crippen molar-refractivity contribution in [3.05, 3.63) is 84.0 Å². The molecule has 0 aliphatic rings. The van der Waals surface area contributed by atoms with Crippen molar-refractivity contribution in [1.29, 1.82) is 0 Å². The molecular weight excluding hydrogens is 770 g/mol. The number of imidazole rings is 2. The van der Waals surface area contributed by atoms with Crippen LogP contribution in [0.15, 0.2) is 55.2 Å². The molecule has 0 aromatic carbocycles. The molecule has 312 valence electrons. The predicted octanol–water partition coefficient (Wildman–Crippen LogP) is 2.28. The molecule has 5 rings (SSSR count). The molecule has 22 nitrogen and oxygen atoms in total. The minimum Gasteiger partial charge on any atom is -0.475 e. The van der Waals surface area contributed by atoms with Crippen LogP contribution in [-0.2, 0) is 44.8 Å². The van der Waals surface area contributed by atoms with Crippen LogP contribution in [0, 0.1) is 0 Å². The fourth-order valence-corrected chi connectivity index (χ4v) is 5.79.